The van der Waals surface area contributed by atoms with Gasteiger partial charge in [0.05, 0.1) is 29.1 Å². The van der Waals surface area contributed by atoms with Crippen molar-refractivity contribution in [3.63, 3.8) is 0 Å². The van der Waals surface area contributed by atoms with Crippen molar-refractivity contribution in [3.8, 4) is 0 Å². The van der Waals surface area contributed by atoms with Crippen molar-refractivity contribution >= 4 is 32.6 Å². The molecule has 0 saturated heterocycles. The zero-order valence-corrected chi connectivity index (χ0v) is 16.6. The van der Waals surface area contributed by atoms with Gasteiger partial charge in [-0.05, 0) is 45.6 Å². The Morgan fingerprint density at radius 1 is 1.17 bits per heavy atom. The van der Waals surface area contributed by atoms with Gasteiger partial charge in [0.1, 0.15) is 17.5 Å². The van der Waals surface area contributed by atoms with Crippen molar-refractivity contribution in [3.05, 3.63) is 79.4 Å². The van der Waals surface area contributed by atoms with Gasteiger partial charge >= 0.3 is 0 Å². The molecule has 1 aliphatic rings. The van der Waals surface area contributed by atoms with Gasteiger partial charge in [0.25, 0.3) is 11.5 Å². The lowest BCUT2D eigenvalue weighted by molar-refractivity contribution is 0.0335. The van der Waals surface area contributed by atoms with E-state index in [0.717, 1.165) is 18.2 Å². The molecule has 2 aromatic carbocycles. The number of rotatable bonds is 2. The van der Waals surface area contributed by atoms with Crippen molar-refractivity contribution in [1.82, 2.24) is 9.88 Å². The lowest BCUT2D eigenvalue weighted by atomic mass is 9.95. The molecule has 150 valence electrons. The lowest BCUT2D eigenvalue weighted by Crippen LogP contribution is -2.37. The Hall–Kier alpha value is -2.65. The second-order valence-corrected chi connectivity index (χ2v) is 7.53. The number of hydrogen-bond donors (Lipinski definition) is 1. The van der Waals surface area contributed by atoms with Gasteiger partial charge < -0.3 is 14.6 Å². The second kappa shape index (κ2) is 7.31. The molecule has 0 bridgehead atoms. The molecule has 1 N–H and O–H groups in total. The van der Waals surface area contributed by atoms with Crippen molar-refractivity contribution < 1.29 is 22.7 Å². The third-order valence-corrected chi connectivity index (χ3v) is 5.74. The Morgan fingerprint density at radius 3 is 2.55 bits per heavy atom. The molecule has 0 radical (unpaired) electrons. The van der Waals surface area contributed by atoms with Gasteiger partial charge in [-0.2, -0.15) is 0 Å². The summed E-state index contributed by atoms with van der Waals surface area (Å²) in [4.78, 5) is 29.2. The van der Waals surface area contributed by atoms with Crippen molar-refractivity contribution in [1.29, 1.82) is 0 Å². The topological polar surface area (TPSA) is 62.4 Å². The van der Waals surface area contributed by atoms with Crippen molar-refractivity contribution in [2.45, 2.75) is 12.6 Å². The van der Waals surface area contributed by atoms with E-state index in [9.17, 15) is 22.8 Å². The number of hydrogen-bond acceptors (Lipinski definition) is 3. The number of fused-ring (bicyclic) bond motifs is 3. The Balaban J connectivity index is 1.82. The van der Waals surface area contributed by atoms with E-state index in [4.69, 9.17) is 4.74 Å². The summed E-state index contributed by atoms with van der Waals surface area (Å²) in [5.74, 6) is -2.98. The largest absolute Gasteiger partial charge is 0.373 e. The number of carbonyl (C=O) groups excluding carboxylic acids is 1. The van der Waals surface area contributed by atoms with Crippen LogP contribution in [0.5, 0.6) is 0 Å². The molecule has 0 aliphatic carbocycles. The fourth-order valence-electron chi connectivity index (χ4n) is 3.55. The predicted molar refractivity (Wildman–Crippen MR) is 103 cm³/mol. The molecule has 3 aromatic rings. The number of amides is 1. The monoisotopic (exact) mass is 466 g/mol. The highest BCUT2D eigenvalue weighted by molar-refractivity contribution is 9.10. The number of pyridine rings is 1. The quantitative estimate of drug-likeness (QED) is 0.579. The number of benzene rings is 2. The minimum atomic E-state index is -0.896. The lowest BCUT2D eigenvalue weighted by Gasteiger charge is -2.34. The first-order valence-electron chi connectivity index (χ1n) is 8.61. The van der Waals surface area contributed by atoms with E-state index in [2.05, 4.69) is 20.9 Å². The zero-order chi connectivity index (χ0) is 20.9. The molecule has 1 atom stereocenters. The first kappa shape index (κ1) is 19.7. The van der Waals surface area contributed by atoms with E-state index in [1.807, 2.05) is 0 Å². The Morgan fingerprint density at radius 2 is 1.86 bits per heavy atom. The fourth-order valence-corrected chi connectivity index (χ4v) is 3.78. The van der Waals surface area contributed by atoms with E-state index in [0.29, 0.717) is 16.6 Å². The molecule has 1 aromatic heterocycles. The third kappa shape index (κ3) is 3.34. The molecule has 1 amide bonds. The van der Waals surface area contributed by atoms with Crippen LogP contribution in [-0.4, -0.2) is 29.4 Å². The van der Waals surface area contributed by atoms with Crippen LogP contribution in [-0.2, 0) is 11.3 Å². The van der Waals surface area contributed by atoms with Crippen LogP contribution in [0.25, 0.3) is 10.8 Å². The number of nitrogens with one attached hydrogen (secondary N) is 1. The second-order valence-electron chi connectivity index (χ2n) is 6.74. The van der Waals surface area contributed by atoms with Gasteiger partial charge in [0, 0.05) is 23.9 Å². The van der Waals surface area contributed by atoms with Crippen LogP contribution >= 0.6 is 15.9 Å². The minimum Gasteiger partial charge on any atom is -0.373 e. The number of aromatic amines is 1. The highest BCUT2D eigenvalue weighted by Gasteiger charge is 2.31. The molecular weight excluding hydrogens is 453 g/mol. The van der Waals surface area contributed by atoms with Crippen LogP contribution in [0.15, 0.2) is 39.6 Å². The number of likely N-dealkylation sites (N-methyl/N-ethyl adjacent to an activating group) is 1. The van der Waals surface area contributed by atoms with E-state index in [-0.39, 0.29) is 28.6 Å². The zero-order valence-electron chi connectivity index (χ0n) is 15.1. The van der Waals surface area contributed by atoms with Crippen molar-refractivity contribution in [2.75, 3.05) is 13.7 Å². The Bertz CT molecular complexity index is 1190. The molecule has 2 heterocycles. The van der Waals surface area contributed by atoms with Crippen LogP contribution < -0.4 is 5.56 Å². The molecule has 0 fully saturated rings. The molecular formula is C20H14BrF3N2O3. The summed E-state index contributed by atoms with van der Waals surface area (Å²) in [6.45, 7) is 0.229. The first-order chi connectivity index (χ1) is 13.8. The van der Waals surface area contributed by atoms with Gasteiger partial charge in [-0.3, -0.25) is 9.59 Å². The minimum absolute atomic E-state index is 0.106. The molecule has 0 saturated carbocycles. The number of aromatic nitrogens is 1. The molecule has 1 aliphatic heterocycles. The molecule has 0 unspecified atom stereocenters. The molecule has 9 heteroatoms. The summed E-state index contributed by atoms with van der Waals surface area (Å²) >= 11 is 2.78. The van der Waals surface area contributed by atoms with Gasteiger partial charge in [-0.15, -0.1) is 0 Å². The maximum absolute atomic E-state index is 13.9. The van der Waals surface area contributed by atoms with E-state index in [1.165, 1.54) is 24.1 Å². The first-order valence-corrected chi connectivity index (χ1v) is 9.41. The van der Waals surface area contributed by atoms with Gasteiger partial charge in [0.2, 0.25) is 0 Å². The van der Waals surface area contributed by atoms with Crippen LogP contribution in [0.2, 0.25) is 0 Å². The summed E-state index contributed by atoms with van der Waals surface area (Å²) < 4.78 is 46.6. The number of nitrogens with zero attached hydrogens (tertiary/aromatic N) is 1. The summed E-state index contributed by atoms with van der Waals surface area (Å²) in [7, 11) is 1.48. The third-order valence-electron chi connectivity index (χ3n) is 4.98. The smallest absolute Gasteiger partial charge is 0.256 e. The van der Waals surface area contributed by atoms with Gasteiger partial charge in [-0.1, -0.05) is 6.07 Å². The summed E-state index contributed by atoms with van der Waals surface area (Å²) in [5.41, 5.74) is 0.448. The maximum Gasteiger partial charge on any atom is 0.256 e. The number of carbonyl (C=O) groups is 1. The number of halogens is 4. The van der Waals surface area contributed by atoms with Crippen molar-refractivity contribution in [2.24, 2.45) is 0 Å². The van der Waals surface area contributed by atoms with Gasteiger partial charge in [-0.25, -0.2) is 13.2 Å². The molecule has 5 nitrogen and oxygen atoms in total. The maximum atomic E-state index is 13.9. The molecule has 29 heavy (non-hydrogen) atoms. The van der Waals surface area contributed by atoms with Crippen LogP contribution in [0.1, 0.15) is 27.7 Å². The summed E-state index contributed by atoms with van der Waals surface area (Å²) in [5, 5.41) is 0.642. The number of H-pyrrole nitrogens is 1. The number of ether oxygens (including phenoxy) is 1. The fraction of sp³-hybridized carbons (Fsp3) is 0.200. The summed E-state index contributed by atoms with van der Waals surface area (Å²) in [6.07, 6.45) is 0. The highest BCUT2D eigenvalue weighted by atomic mass is 79.9. The summed E-state index contributed by atoms with van der Waals surface area (Å²) in [6, 6.07) is 5.08. The average Bonchev–Trinajstić information content (AvgIpc) is 2.70. The molecule has 4 rings (SSSR count). The normalized spacial score (nSPS) is 16.0. The predicted octanol–water partition coefficient (Wildman–Crippen LogP) is 4.05. The average molecular weight is 467 g/mol. The highest BCUT2D eigenvalue weighted by Crippen LogP contribution is 2.34. The van der Waals surface area contributed by atoms with Crippen LogP contribution in [0.4, 0.5) is 13.2 Å². The van der Waals surface area contributed by atoms with E-state index in [1.54, 1.807) is 0 Å². The van der Waals surface area contributed by atoms with E-state index < -0.39 is 35.0 Å². The van der Waals surface area contributed by atoms with Crippen LogP contribution in [0, 0.1) is 17.5 Å². The Kier molecular flexibility index (Phi) is 4.95. The van der Waals surface area contributed by atoms with E-state index >= 15 is 0 Å². The standard InChI is InChI=1S/C20H14BrF3N2O3/c1-26(20(28)9-4-13(23)18(21)14(24)5-9)16-8-29-7-15-17(16)11-3-2-10(22)6-12(11)19(27)25-15/h2-6,16H,7-8H2,1H3,(H,25,27)/t16-/m1/s1. The SMILES string of the molecule is CN(C(=O)c1cc(F)c(Br)c(F)c1)[C@@H]1COCc2[nH]c(=O)c3cc(F)ccc3c21. The van der Waals surface area contributed by atoms with Crippen LogP contribution in [0.3, 0.4) is 0 Å². The Labute approximate surface area is 171 Å². The van der Waals surface area contributed by atoms with Gasteiger partial charge in [0.15, 0.2) is 0 Å². The molecule has 0 spiro atoms.